The van der Waals surface area contributed by atoms with Gasteiger partial charge in [0.25, 0.3) is 0 Å². The van der Waals surface area contributed by atoms with Crippen LogP contribution in [0, 0.1) is 11.2 Å². The summed E-state index contributed by atoms with van der Waals surface area (Å²) >= 11 is 0. The van der Waals surface area contributed by atoms with Crippen molar-refractivity contribution in [2.45, 2.75) is 26.7 Å². The molecule has 0 fully saturated rings. The zero-order valence-electron chi connectivity index (χ0n) is 11.6. The van der Waals surface area contributed by atoms with Crippen LogP contribution in [0.1, 0.15) is 37.0 Å². The Kier molecular flexibility index (Phi) is 5.07. The van der Waals surface area contributed by atoms with Gasteiger partial charge in [-0.1, -0.05) is 13.8 Å². The smallest absolute Gasteiger partial charge is 0.311 e. The number of halogens is 1. The highest BCUT2D eigenvalue weighted by Crippen LogP contribution is 2.28. The molecule has 0 aromatic heterocycles. The van der Waals surface area contributed by atoms with Crippen molar-refractivity contribution in [1.82, 2.24) is 0 Å². The molecule has 0 aliphatic carbocycles. The van der Waals surface area contributed by atoms with E-state index in [0.29, 0.717) is 12.8 Å². The predicted molar refractivity (Wildman–Crippen MR) is 74.1 cm³/mol. The van der Waals surface area contributed by atoms with Gasteiger partial charge in [0.2, 0.25) is 5.91 Å². The van der Waals surface area contributed by atoms with Crippen molar-refractivity contribution in [3.8, 4) is 0 Å². The highest BCUT2D eigenvalue weighted by atomic mass is 19.1. The first-order valence-electron chi connectivity index (χ1n) is 6.43. The number of benzene rings is 1. The number of aliphatic carboxylic acids is 1. The molecule has 1 amide bonds. The normalized spacial score (nSPS) is 11.2. The van der Waals surface area contributed by atoms with Crippen molar-refractivity contribution < 1.29 is 19.1 Å². The van der Waals surface area contributed by atoms with Gasteiger partial charge in [0.15, 0.2) is 0 Å². The van der Waals surface area contributed by atoms with Gasteiger partial charge in [0, 0.05) is 12.1 Å². The van der Waals surface area contributed by atoms with Gasteiger partial charge in [-0.3, -0.25) is 9.59 Å². The van der Waals surface area contributed by atoms with Crippen LogP contribution in [0.15, 0.2) is 18.2 Å². The lowest BCUT2D eigenvalue weighted by Gasteiger charge is -2.27. The highest BCUT2D eigenvalue weighted by molar-refractivity contribution is 5.93. The van der Waals surface area contributed by atoms with Crippen LogP contribution in [0.5, 0.6) is 0 Å². The number of anilines is 1. The van der Waals surface area contributed by atoms with Gasteiger partial charge < -0.3 is 16.2 Å². The summed E-state index contributed by atoms with van der Waals surface area (Å²) in [6.07, 6.45) is 0.875. The molecule has 0 bridgehead atoms. The Morgan fingerprint density at radius 2 is 1.95 bits per heavy atom. The average molecular weight is 282 g/mol. The molecule has 0 atom stereocenters. The maximum Gasteiger partial charge on any atom is 0.311 e. The first-order valence-corrected chi connectivity index (χ1v) is 6.43. The Labute approximate surface area is 117 Å². The Hall–Kier alpha value is -2.11. The number of carboxylic acid groups (broad SMARTS) is 1. The zero-order valence-corrected chi connectivity index (χ0v) is 11.6. The maximum atomic E-state index is 13.8. The number of nitrogens with two attached hydrogens (primary N) is 1. The summed E-state index contributed by atoms with van der Waals surface area (Å²) in [5.74, 6) is -2.26. The number of nitrogens with one attached hydrogen (secondary N) is 1. The molecule has 1 aromatic carbocycles. The van der Waals surface area contributed by atoms with Crippen molar-refractivity contribution >= 4 is 17.6 Å². The van der Waals surface area contributed by atoms with E-state index in [1.165, 1.54) is 12.1 Å². The minimum Gasteiger partial charge on any atom is -0.481 e. The molecule has 5 nitrogen and oxygen atoms in total. The van der Waals surface area contributed by atoms with Crippen molar-refractivity contribution in [3.05, 3.63) is 29.6 Å². The van der Waals surface area contributed by atoms with Crippen LogP contribution in [-0.4, -0.2) is 23.5 Å². The van der Waals surface area contributed by atoms with Gasteiger partial charge in [-0.25, -0.2) is 4.39 Å². The van der Waals surface area contributed by atoms with Crippen molar-refractivity contribution in [3.63, 3.8) is 0 Å². The van der Waals surface area contributed by atoms with E-state index >= 15 is 0 Å². The minimum atomic E-state index is -0.936. The molecule has 1 aromatic rings. The summed E-state index contributed by atoms with van der Waals surface area (Å²) in [6, 6.07) is 3.81. The number of carbonyl (C=O) groups is 2. The molecule has 0 saturated carbocycles. The largest absolute Gasteiger partial charge is 0.481 e. The Morgan fingerprint density at radius 1 is 1.35 bits per heavy atom. The third kappa shape index (κ3) is 3.26. The van der Waals surface area contributed by atoms with E-state index in [9.17, 15) is 19.1 Å². The molecule has 0 saturated heterocycles. The van der Waals surface area contributed by atoms with E-state index in [1.54, 1.807) is 13.8 Å². The average Bonchev–Trinajstić information content (AvgIpc) is 2.41. The fourth-order valence-corrected chi connectivity index (χ4v) is 1.95. The first-order chi connectivity index (χ1) is 9.36. The molecule has 1 rings (SSSR count). The monoisotopic (exact) mass is 282 g/mol. The van der Waals surface area contributed by atoms with Crippen LogP contribution < -0.4 is 11.1 Å². The SMILES string of the molecule is CCC(CC)(CNc1ccc(C(N)=O)cc1F)C(=O)O. The van der Waals surface area contributed by atoms with E-state index in [2.05, 4.69) is 5.32 Å². The number of carbonyl (C=O) groups excluding carboxylic acids is 1. The van der Waals surface area contributed by atoms with Gasteiger partial charge in [0.05, 0.1) is 11.1 Å². The molecule has 0 heterocycles. The number of hydrogen-bond acceptors (Lipinski definition) is 3. The van der Waals surface area contributed by atoms with Crippen LogP contribution in [0.2, 0.25) is 0 Å². The summed E-state index contributed by atoms with van der Waals surface area (Å²) < 4.78 is 13.8. The summed E-state index contributed by atoms with van der Waals surface area (Å²) in [4.78, 5) is 22.3. The molecular formula is C14H19FN2O3. The third-order valence-corrected chi connectivity index (χ3v) is 3.68. The zero-order chi connectivity index (χ0) is 15.3. The molecule has 4 N–H and O–H groups in total. The van der Waals surface area contributed by atoms with Crippen molar-refractivity contribution in [1.29, 1.82) is 0 Å². The molecule has 0 aliphatic heterocycles. The van der Waals surface area contributed by atoms with Crippen molar-refractivity contribution in [2.24, 2.45) is 11.1 Å². The van der Waals surface area contributed by atoms with Gasteiger partial charge in [0.1, 0.15) is 5.82 Å². The molecule has 0 aliphatic rings. The number of rotatable bonds is 7. The second kappa shape index (κ2) is 6.36. The minimum absolute atomic E-state index is 0.0727. The quantitative estimate of drug-likeness (QED) is 0.715. The van der Waals surface area contributed by atoms with E-state index in [4.69, 9.17) is 5.73 Å². The molecule has 110 valence electrons. The second-order valence-corrected chi connectivity index (χ2v) is 4.71. The van der Waals surface area contributed by atoms with Crippen LogP contribution in [0.4, 0.5) is 10.1 Å². The van der Waals surface area contributed by atoms with Gasteiger partial charge in [-0.15, -0.1) is 0 Å². The summed E-state index contributed by atoms with van der Waals surface area (Å²) in [5.41, 5.74) is 4.35. The lowest BCUT2D eigenvalue weighted by molar-refractivity contribution is -0.148. The number of primary amides is 1. The molecule has 0 radical (unpaired) electrons. The standard InChI is InChI=1S/C14H19FN2O3/c1-3-14(4-2,13(19)20)8-17-11-6-5-9(12(16)18)7-10(11)15/h5-7,17H,3-4,8H2,1-2H3,(H2,16,18)(H,19,20). The Morgan fingerprint density at radius 3 is 2.35 bits per heavy atom. The van der Waals surface area contributed by atoms with E-state index < -0.39 is 23.1 Å². The van der Waals surface area contributed by atoms with Crippen LogP contribution in [-0.2, 0) is 4.79 Å². The first kappa shape index (κ1) is 15.9. The summed E-state index contributed by atoms with van der Waals surface area (Å²) in [7, 11) is 0. The topological polar surface area (TPSA) is 92.4 Å². The van der Waals surface area contributed by atoms with Crippen molar-refractivity contribution in [2.75, 3.05) is 11.9 Å². The summed E-state index contributed by atoms with van der Waals surface area (Å²) in [6.45, 7) is 3.68. The Bertz CT molecular complexity index is 513. The number of amides is 1. The lowest BCUT2D eigenvalue weighted by Crippen LogP contribution is -2.37. The molecular weight excluding hydrogens is 263 g/mol. The second-order valence-electron chi connectivity index (χ2n) is 4.71. The molecule has 6 heteroatoms. The number of carboxylic acids is 1. The third-order valence-electron chi connectivity index (χ3n) is 3.68. The fourth-order valence-electron chi connectivity index (χ4n) is 1.95. The molecule has 0 spiro atoms. The van der Waals surface area contributed by atoms with Crippen LogP contribution >= 0.6 is 0 Å². The molecule has 0 unspecified atom stereocenters. The predicted octanol–water partition coefficient (Wildman–Crippen LogP) is 2.23. The number of hydrogen-bond donors (Lipinski definition) is 3. The highest BCUT2D eigenvalue weighted by Gasteiger charge is 2.34. The van der Waals surface area contributed by atoms with E-state index in [-0.39, 0.29) is 17.8 Å². The maximum absolute atomic E-state index is 13.8. The fraction of sp³-hybridized carbons (Fsp3) is 0.429. The van der Waals surface area contributed by atoms with Gasteiger partial charge >= 0.3 is 5.97 Å². The van der Waals surface area contributed by atoms with Crippen LogP contribution in [0.25, 0.3) is 0 Å². The van der Waals surface area contributed by atoms with Crippen LogP contribution in [0.3, 0.4) is 0 Å². The lowest BCUT2D eigenvalue weighted by atomic mass is 9.82. The van der Waals surface area contributed by atoms with Gasteiger partial charge in [-0.2, -0.15) is 0 Å². The Balaban J connectivity index is 2.89. The van der Waals surface area contributed by atoms with Gasteiger partial charge in [-0.05, 0) is 31.0 Å². The molecule has 20 heavy (non-hydrogen) atoms. The summed E-state index contributed by atoms with van der Waals surface area (Å²) in [5, 5.41) is 12.1. The van der Waals surface area contributed by atoms with E-state index in [0.717, 1.165) is 6.07 Å². The van der Waals surface area contributed by atoms with E-state index in [1.807, 2.05) is 0 Å².